The molecule has 1 amide bonds. The van der Waals surface area contributed by atoms with Gasteiger partial charge in [0.05, 0.1) is 0 Å². The first kappa shape index (κ1) is 16.7. The van der Waals surface area contributed by atoms with Crippen LogP contribution >= 0.6 is 22.7 Å². The summed E-state index contributed by atoms with van der Waals surface area (Å²) in [4.78, 5) is 16.8. The van der Waals surface area contributed by atoms with Gasteiger partial charge in [0.15, 0.2) is 0 Å². The monoisotopic (exact) mass is 358 g/mol. The molecule has 0 spiro atoms. The molecule has 0 saturated heterocycles. The molecule has 5 nitrogen and oxygen atoms in total. The summed E-state index contributed by atoms with van der Waals surface area (Å²) >= 11 is 3.04. The number of aryl methyl sites for hydroxylation is 2. The summed E-state index contributed by atoms with van der Waals surface area (Å²) in [5.41, 5.74) is 2.62. The van der Waals surface area contributed by atoms with Gasteiger partial charge in [0.2, 0.25) is 5.13 Å². The summed E-state index contributed by atoms with van der Waals surface area (Å²) < 4.78 is 0. The lowest BCUT2D eigenvalue weighted by molar-refractivity contribution is 0.102. The average molecular weight is 358 g/mol. The van der Waals surface area contributed by atoms with Gasteiger partial charge in [-0.3, -0.25) is 10.1 Å². The van der Waals surface area contributed by atoms with Crippen molar-refractivity contribution >= 4 is 33.7 Å². The van der Waals surface area contributed by atoms with E-state index in [-0.39, 0.29) is 5.91 Å². The van der Waals surface area contributed by atoms with Crippen LogP contribution in [0.15, 0.2) is 29.6 Å². The molecule has 124 valence electrons. The molecule has 1 aromatic carbocycles. The van der Waals surface area contributed by atoms with Crippen molar-refractivity contribution in [3.05, 3.63) is 45.9 Å². The van der Waals surface area contributed by atoms with Crippen molar-refractivity contribution in [2.75, 3.05) is 5.32 Å². The van der Waals surface area contributed by atoms with Crippen LogP contribution in [-0.2, 0) is 6.42 Å². The number of nitrogens with zero attached hydrogens (tertiary/aromatic N) is 3. The summed E-state index contributed by atoms with van der Waals surface area (Å²) in [6.07, 6.45) is 3.11. The number of hydrogen-bond acceptors (Lipinski definition) is 6. The van der Waals surface area contributed by atoms with E-state index in [1.165, 1.54) is 11.3 Å². The van der Waals surface area contributed by atoms with Gasteiger partial charge in [-0.05, 0) is 25.5 Å². The van der Waals surface area contributed by atoms with Crippen LogP contribution in [-0.4, -0.2) is 21.1 Å². The third-order valence-electron chi connectivity index (χ3n) is 3.44. The fourth-order valence-electron chi connectivity index (χ4n) is 2.15. The number of thiazole rings is 1. The standard InChI is InChI=1S/C17H18N4OS2/c1-3-4-5-14-20-21-17(24-14)19-15(22)12-6-8-13(9-7-12)16-18-11(2)10-23-16/h6-10H,3-5H2,1-2H3,(H,19,21,22). The van der Waals surface area contributed by atoms with Crippen molar-refractivity contribution in [1.82, 2.24) is 15.2 Å². The van der Waals surface area contributed by atoms with Crippen LogP contribution in [0.4, 0.5) is 5.13 Å². The first-order valence-electron chi connectivity index (χ1n) is 7.82. The molecule has 0 aliphatic rings. The number of hydrogen-bond donors (Lipinski definition) is 1. The van der Waals surface area contributed by atoms with E-state index in [0.29, 0.717) is 10.7 Å². The minimum Gasteiger partial charge on any atom is -0.296 e. The Kier molecular flexibility index (Phi) is 5.32. The number of amides is 1. The number of carbonyl (C=O) groups is 1. The summed E-state index contributed by atoms with van der Waals surface area (Å²) in [6, 6.07) is 7.45. The molecule has 3 aromatic rings. The second-order valence-corrected chi connectivity index (χ2v) is 7.35. The summed E-state index contributed by atoms with van der Waals surface area (Å²) in [5, 5.41) is 15.4. The van der Waals surface area contributed by atoms with Gasteiger partial charge < -0.3 is 0 Å². The third-order valence-corrected chi connectivity index (χ3v) is 5.35. The summed E-state index contributed by atoms with van der Waals surface area (Å²) in [7, 11) is 0. The van der Waals surface area contributed by atoms with E-state index in [2.05, 4.69) is 27.4 Å². The lowest BCUT2D eigenvalue weighted by Crippen LogP contribution is -2.11. The predicted octanol–water partition coefficient (Wildman–Crippen LogP) is 4.56. The largest absolute Gasteiger partial charge is 0.296 e. The van der Waals surface area contributed by atoms with Crippen LogP contribution in [0.1, 0.15) is 40.8 Å². The van der Waals surface area contributed by atoms with Crippen molar-refractivity contribution in [1.29, 1.82) is 0 Å². The van der Waals surface area contributed by atoms with Gasteiger partial charge >= 0.3 is 0 Å². The zero-order valence-corrected chi connectivity index (χ0v) is 15.2. The molecule has 0 aliphatic heterocycles. The van der Waals surface area contributed by atoms with Crippen molar-refractivity contribution in [2.24, 2.45) is 0 Å². The Morgan fingerprint density at radius 3 is 2.67 bits per heavy atom. The van der Waals surface area contributed by atoms with Gasteiger partial charge in [-0.15, -0.1) is 21.5 Å². The highest BCUT2D eigenvalue weighted by molar-refractivity contribution is 7.15. The van der Waals surface area contributed by atoms with Crippen molar-refractivity contribution in [3.63, 3.8) is 0 Å². The molecular formula is C17H18N4OS2. The van der Waals surface area contributed by atoms with Crippen LogP contribution in [0.25, 0.3) is 10.6 Å². The maximum absolute atomic E-state index is 12.3. The van der Waals surface area contributed by atoms with Crippen molar-refractivity contribution in [2.45, 2.75) is 33.1 Å². The maximum Gasteiger partial charge on any atom is 0.257 e. The van der Waals surface area contributed by atoms with Gasteiger partial charge in [0, 0.05) is 28.6 Å². The first-order chi connectivity index (χ1) is 11.7. The van der Waals surface area contributed by atoms with E-state index in [0.717, 1.165) is 40.5 Å². The lowest BCUT2D eigenvalue weighted by Gasteiger charge is -2.02. The molecule has 0 aliphatic carbocycles. The lowest BCUT2D eigenvalue weighted by atomic mass is 10.1. The van der Waals surface area contributed by atoms with Gasteiger partial charge in [-0.25, -0.2) is 4.98 Å². The predicted molar refractivity (Wildman–Crippen MR) is 98.8 cm³/mol. The molecule has 0 saturated carbocycles. The summed E-state index contributed by atoms with van der Waals surface area (Å²) in [5.74, 6) is -0.171. The second-order valence-electron chi connectivity index (χ2n) is 5.43. The SMILES string of the molecule is CCCCc1nnc(NC(=O)c2ccc(-c3nc(C)cs3)cc2)s1. The highest BCUT2D eigenvalue weighted by Gasteiger charge is 2.11. The Labute approximate surface area is 148 Å². The number of nitrogens with one attached hydrogen (secondary N) is 1. The minimum absolute atomic E-state index is 0.171. The molecule has 2 heterocycles. The van der Waals surface area contributed by atoms with Crippen LogP contribution in [0.3, 0.4) is 0 Å². The average Bonchev–Trinajstić information content (AvgIpc) is 3.22. The first-order valence-corrected chi connectivity index (χ1v) is 9.51. The maximum atomic E-state index is 12.3. The number of carbonyl (C=O) groups excluding carboxylic acids is 1. The van der Waals surface area contributed by atoms with Crippen LogP contribution in [0, 0.1) is 6.92 Å². The zero-order chi connectivity index (χ0) is 16.9. The Balaban J connectivity index is 1.65. The highest BCUT2D eigenvalue weighted by Crippen LogP contribution is 2.24. The molecule has 0 radical (unpaired) electrons. The molecule has 24 heavy (non-hydrogen) atoms. The van der Waals surface area contributed by atoms with Gasteiger partial charge in [0.25, 0.3) is 5.91 Å². The van der Waals surface area contributed by atoms with E-state index in [1.54, 1.807) is 23.5 Å². The Hall–Kier alpha value is -2.12. The number of rotatable bonds is 6. The minimum atomic E-state index is -0.171. The van der Waals surface area contributed by atoms with E-state index in [4.69, 9.17) is 0 Å². The molecule has 0 fully saturated rings. The fourth-order valence-corrected chi connectivity index (χ4v) is 3.73. The van der Waals surface area contributed by atoms with Crippen molar-refractivity contribution in [3.8, 4) is 10.6 Å². The molecule has 3 rings (SSSR count). The summed E-state index contributed by atoms with van der Waals surface area (Å²) in [6.45, 7) is 4.11. The highest BCUT2D eigenvalue weighted by atomic mass is 32.1. The van der Waals surface area contributed by atoms with Gasteiger partial charge in [-0.1, -0.05) is 36.8 Å². The Morgan fingerprint density at radius 2 is 2.00 bits per heavy atom. The van der Waals surface area contributed by atoms with Crippen LogP contribution in [0.2, 0.25) is 0 Å². The Bertz CT molecular complexity index is 823. The number of aromatic nitrogens is 3. The molecule has 7 heteroatoms. The van der Waals surface area contributed by atoms with E-state index >= 15 is 0 Å². The molecule has 0 atom stereocenters. The third kappa shape index (κ3) is 4.04. The quantitative estimate of drug-likeness (QED) is 0.701. The van der Waals surface area contributed by atoms with Crippen molar-refractivity contribution < 1.29 is 4.79 Å². The Morgan fingerprint density at radius 1 is 1.21 bits per heavy atom. The van der Waals surface area contributed by atoms with Crippen LogP contribution in [0.5, 0.6) is 0 Å². The van der Waals surface area contributed by atoms with E-state index in [1.807, 2.05) is 24.4 Å². The molecule has 0 unspecified atom stereocenters. The molecule has 2 aromatic heterocycles. The number of benzene rings is 1. The normalized spacial score (nSPS) is 10.8. The van der Waals surface area contributed by atoms with Gasteiger partial charge in [-0.2, -0.15) is 0 Å². The number of anilines is 1. The van der Waals surface area contributed by atoms with Crippen LogP contribution < -0.4 is 5.32 Å². The topological polar surface area (TPSA) is 67.8 Å². The van der Waals surface area contributed by atoms with E-state index in [9.17, 15) is 4.79 Å². The molecular weight excluding hydrogens is 340 g/mol. The zero-order valence-electron chi connectivity index (χ0n) is 13.6. The smallest absolute Gasteiger partial charge is 0.257 e. The van der Waals surface area contributed by atoms with Gasteiger partial charge in [0.1, 0.15) is 10.0 Å². The number of unbranched alkanes of at least 4 members (excludes halogenated alkanes) is 1. The second kappa shape index (κ2) is 7.63. The molecule has 0 bridgehead atoms. The molecule has 1 N–H and O–H groups in total. The van der Waals surface area contributed by atoms with E-state index < -0.39 is 0 Å². The fraction of sp³-hybridized carbons (Fsp3) is 0.294.